The molecular weight excluding hydrogens is 220 g/mol. The van der Waals surface area contributed by atoms with Crippen LogP contribution in [0.2, 0.25) is 0 Å². The van der Waals surface area contributed by atoms with E-state index in [2.05, 4.69) is 45.0 Å². The Balaban J connectivity index is 1.91. The fourth-order valence-corrected chi connectivity index (χ4v) is 3.11. The second kappa shape index (κ2) is 8.16. The van der Waals surface area contributed by atoms with E-state index < -0.39 is 0 Å². The summed E-state index contributed by atoms with van der Waals surface area (Å²) < 4.78 is 0. The van der Waals surface area contributed by atoms with E-state index in [1.54, 1.807) is 0 Å². The van der Waals surface area contributed by atoms with E-state index in [0.29, 0.717) is 6.04 Å². The van der Waals surface area contributed by atoms with Gasteiger partial charge in [0, 0.05) is 18.6 Å². The Morgan fingerprint density at radius 1 is 1.11 bits per heavy atom. The maximum atomic E-state index is 3.63. The van der Waals surface area contributed by atoms with Crippen LogP contribution in [0.5, 0.6) is 0 Å². The highest BCUT2D eigenvalue weighted by Gasteiger charge is 2.28. The van der Waals surface area contributed by atoms with Gasteiger partial charge in [-0.3, -0.25) is 0 Å². The lowest BCUT2D eigenvalue weighted by Gasteiger charge is -2.37. The van der Waals surface area contributed by atoms with Gasteiger partial charge in [0.1, 0.15) is 0 Å². The van der Waals surface area contributed by atoms with Crippen LogP contribution in [0.3, 0.4) is 0 Å². The van der Waals surface area contributed by atoms with E-state index in [0.717, 1.165) is 17.9 Å². The van der Waals surface area contributed by atoms with Gasteiger partial charge in [-0.15, -0.1) is 0 Å². The third-order valence-corrected chi connectivity index (χ3v) is 3.88. The van der Waals surface area contributed by atoms with Crippen LogP contribution in [0.1, 0.15) is 59.8 Å². The number of hydrogen-bond acceptors (Lipinski definition) is 2. The third kappa shape index (κ3) is 6.75. The topological polar surface area (TPSA) is 15.3 Å². The molecule has 0 aromatic heterocycles. The van der Waals surface area contributed by atoms with Crippen LogP contribution in [0.25, 0.3) is 0 Å². The van der Waals surface area contributed by atoms with E-state index in [1.807, 2.05) is 0 Å². The van der Waals surface area contributed by atoms with Crippen LogP contribution < -0.4 is 5.32 Å². The van der Waals surface area contributed by atoms with Crippen molar-refractivity contribution in [2.45, 2.75) is 71.9 Å². The molecule has 0 amide bonds. The van der Waals surface area contributed by atoms with E-state index >= 15 is 0 Å². The van der Waals surface area contributed by atoms with Crippen molar-refractivity contribution in [1.29, 1.82) is 0 Å². The highest BCUT2D eigenvalue weighted by molar-refractivity contribution is 4.85. The Morgan fingerprint density at radius 3 is 2.33 bits per heavy atom. The van der Waals surface area contributed by atoms with Gasteiger partial charge >= 0.3 is 0 Å². The third-order valence-electron chi connectivity index (χ3n) is 3.88. The summed E-state index contributed by atoms with van der Waals surface area (Å²) in [6, 6.07) is 1.47. The van der Waals surface area contributed by atoms with E-state index in [4.69, 9.17) is 0 Å². The molecule has 0 spiro atoms. The molecule has 1 fully saturated rings. The molecule has 0 aromatic rings. The van der Waals surface area contributed by atoms with Crippen LogP contribution in [-0.2, 0) is 0 Å². The molecule has 0 unspecified atom stereocenters. The van der Waals surface area contributed by atoms with Crippen molar-refractivity contribution in [1.82, 2.24) is 10.2 Å². The molecule has 0 aliphatic heterocycles. The molecule has 1 rings (SSSR count). The predicted octanol–water partition coefficient (Wildman–Crippen LogP) is 3.52. The minimum atomic E-state index is 0.653. The fraction of sp³-hybridized carbons (Fsp3) is 1.00. The molecule has 1 aliphatic carbocycles. The van der Waals surface area contributed by atoms with Crippen LogP contribution in [0.4, 0.5) is 0 Å². The largest absolute Gasteiger partial charge is 0.312 e. The highest BCUT2D eigenvalue weighted by atomic mass is 15.1. The van der Waals surface area contributed by atoms with Crippen LogP contribution in [0.15, 0.2) is 0 Å². The van der Waals surface area contributed by atoms with E-state index in [-0.39, 0.29) is 0 Å². The molecule has 0 atom stereocenters. The zero-order valence-electron chi connectivity index (χ0n) is 13.2. The molecule has 1 aliphatic rings. The van der Waals surface area contributed by atoms with Gasteiger partial charge in [0.2, 0.25) is 0 Å². The van der Waals surface area contributed by atoms with Gasteiger partial charge in [-0.25, -0.2) is 0 Å². The van der Waals surface area contributed by atoms with Crippen molar-refractivity contribution in [3.8, 4) is 0 Å². The molecule has 2 heteroatoms. The normalized spacial score (nSPS) is 24.0. The number of hydrogen-bond donors (Lipinski definition) is 1. The average Bonchev–Trinajstić information content (AvgIpc) is 2.18. The van der Waals surface area contributed by atoms with Gasteiger partial charge in [0.05, 0.1) is 0 Å². The minimum absolute atomic E-state index is 0.653. The van der Waals surface area contributed by atoms with Gasteiger partial charge in [0.15, 0.2) is 0 Å². The lowest BCUT2D eigenvalue weighted by atomic mass is 9.77. The molecule has 108 valence electrons. The SMILES string of the molecule is CC(C)CN(C)CCCCC1CC(NC(C)C)C1. The maximum absolute atomic E-state index is 3.63. The summed E-state index contributed by atoms with van der Waals surface area (Å²) in [6.07, 6.45) is 7.08. The zero-order chi connectivity index (χ0) is 13.5. The van der Waals surface area contributed by atoms with Crippen LogP contribution in [0, 0.1) is 11.8 Å². The summed E-state index contributed by atoms with van der Waals surface area (Å²) in [5.74, 6) is 1.81. The number of rotatable bonds is 9. The molecule has 2 nitrogen and oxygen atoms in total. The van der Waals surface area contributed by atoms with Gasteiger partial charge in [-0.2, -0.15) is 0 Å². The Hall–Kier alpha value is -0.0800. The van der Waals surface area contributed by atoms with Gasteiger partial charge in [0.25, 0.3) is 0 Å². The minimum Gasteiger partial charge on any atom is -0.312 e. The van der Waals surface area contributed by atoms with Crippen molar-refractivity contribution >= 4 is 0 Å². The zero-order valence-corrected chi connectivity index (χ0v) is 13.2. The number of nitrogens with one attached hydrogen (secondary N) is 1. The summed E-state index contributed by atoms with van der Waals surface area (Å²) in [5.41, 5.74) is 0. The summed E-state index contributed by atoms with van der Waals surface area (Å²) >= 11 is 0. The first kappa shape index (κ1) is 16.0. The number of unbranched alkanes of at least 4 members (excludes halogenated alkanes) is 1. The maximum Gasteiger partial charge on any atom is 0.00747 e. The van der Waals surface area contributed by atoms with Crippen LogP contribution in [-0.4, -0.2) is 37.1 Å². The second-order valence-corrected chi connectivity index (χ2v) is 7.01. The summed E-state index contributed by atoms with van der Waals surface area (Å²) in [6.45, 7) is 11.6. The van der Waals surface area contributed by atoms with E-state index in [9.17, 15) is 0 Å². The molecule has 0 radical (unpaired) electrons. The lowest BCUT2D eigenvalue weighted by molar-refractivity contribution is 0.193. The Bertz CT molecular complexity index is 207. The monoisotopic (exact) mass is 254 g/mol. The molecule has 0 bridgehead atoms. The lowest BCUT2D eigenvalue weighted by Crippen LogP contribution is -2.44. The summed E-state index contributed by atoms with van der Waals surface area (Å²) in [4.78, 5) is 2.48. The quantitative estimate of drug-likeness (QED) is 0.633. The van der Waals surface area contributed by atoms with E-state index in [1.165, 1.54) is 45.2 Å². The smallest absolute Gasteiger partial charge is 0.00747 e. The Morgan fingerprint density at radius 2 is 1.78 bits per heavy atom. The first-order valence-electron chi connectivity index (χ1n) is 7.92. The molecule has 0 aromatic carbocycles. The Labute approximate surface area is 115 Å². The number of nitrogens with zero attached hydrogens (tertiary/aromatic N) is 1. The van der Waals surface area contributed by atoms with Gasteiger partial charge in [-0.05, 0) is 44.7 Å². The molecular formula is C16H34N2. The van der Waals surface area contributed by atoms with Crippen LogP contribution >= 0.6 is 0 Å². The molecule has 18 heavy (non-hydrogen) atoms. The molecule has 0 saturated heterocycles. The Kier molecular flexibility index (Phi) is 7.25. The molecule has 0 heterocycles. The van der Waals surface area contributed by atoms with Crippen molar-refractivity contribution in [3.05, 3.63) is 0 Å². The molecule has 1 N–H and O–H groups in total. The first-order valence-corrected chi connectivity index (χ1v) is 7.92. The van der Waals surface area contributed by atoms with Crippen molar-refractivity contribution < 1.29 is 0 Å². The predicted molar refractivity (Wildman–Crippen MR) is 81.0 cm³/mol. The second-order valence-electron chi connectivity index (χ2n) is 7.01. The van der Waals surface area contributed by atoms with Crippen molar-refractivity contribution in [2.75, 3.05) is 20.1 Å². The first-order chi connectivity index (χ1) is 8.47. The van der Waals surface area contributed by atoms with Gasteiger partial charge < -0.3 is 10.2 Å². The molecule has 1 saturated carbocycles. The summed E-state index contributed by atoms with van der Waals surface area (Å²) in [7, 11) is 2.26. The fourth-order valence-electron chi connectivity index (χ4n) is 3.11. The van der Waals surface area contributed by atoms with Crippen molar-refractivity contribution in [3.63, 3.8) is 0 Å². The average molecular weight is 254 g/mol. The standard InChI is InChI=1S/C16H34N2/c1-13(2)12-18(5)9-7-6-8-15-10-16(11-15)17-14(3)4/h13-17H,6-12H2,1-5H3. The van der Waals surface area contributed by atoms with Crippen molar-refractivity contribution in [2.24, 2.45) is 11.8 Å². The highest BCUT2D eigenvalue weighted by Crippen LogP contribution is 2.31. The summed E-state index contributed by atoms with van der Waals surface area (Å²) in [5, 5.41) is 3.63. The van der Waals surface area contributed by atoms with Gasteiger partial charge in [-0.1, -0.05) is 40.5 Å².